The zero-order valence-corrected chi connectivity index (χ0v) is 13.2. The summed E-state index contributed by atoms with van der Waals surface area (Å²) in [6.45, 7) is 1.17. The van der Waals surface area contributed by atoms with Gasteiger partial charge < -0.3 is 10.6 Å². The first-order chi connectivity index (χ1) is 11.6. The standard InChI is InChI=1S/C13H18N6O5/c1-2-3-4-5-11(18-10-22)19(12(23)16-6-14-8-20)13(24)17-7-15-9-21/h11H,2-7H2,1H3,(H,16,23)(H,17,24). The van der Waals surface area contributed by atoms with Crippen molar-refractivity contribution in [3.63, 3.8) is 0 Å². The van der Waals surface area contributed by atoms with Crippen LogP contribution in [0.15, 0.2) is 15.0 Å². The van der Waals surface area contributed by atoms with Gasteiger partial charge >= 0.3 is 12.1 Å². The van der Waals surface area contributed by atoms with Crippen molar-refractivity contribution in [2.75, 3.05) is 13.3 Å². The van der Waals surface area contributed by atoms with Gasteiger partial charge in [0.2, 0.25) is 18.2 Å². The maximum absolute atomic E-state index is 12.1. The van der Waals surface area contributed by atoms with Crippen LogP contribution in [0.1, 0.15) is 32.6 Å². The molecule has 0 heterocycles. The van der Waals surface area contributed by atoms with Gasteiger partial charge in [0.25, 0.3) is 0 Å². The van der Waals surface area contributed by atoms with E-state index in [-0.39, 0.29) is 6.42 Å². The molecule has 0 fully saturated rings. The molecule has 0 bridgehead atoms. The van der Waals surface area contributed by atoms with Crippen LogP contribution in [-0.4, -0.2) is 54.7 Å². The van der Waals surface area contributed by atoms with Crippen LogP contribution in [0.4, 0.5) is 9.59 Å². The number of rotatable bonds is 10. The molecule has 0 aromatic carbocycles. The number of hydrogen-bond donors (Lipinski definition) is 2. The van der Waals surface area contributed by atoms with Crippen molar-refractivity contribution >= 4 is 30.3 Å². The van der Waals surface area contributed by atoms with Crippen molar-refractivity contribution < 1.29 is 24.0 Å². The molecule has 0 aliphatic carbocycles. The zero-order chi connectivity index (χ0) is 18.2. The SMILES string of the molecule is CCCCCC(N=C=O)N(C(=O)NCN=C=O)C(=O)NCN=C=O. The van der Waals surface area contributed by atoms with E-state index in [1.165, 1.54) is 18.2 Å². The number of nitrogens with one attached hydrogen (secondary N) is 2. The van der Waals surface area contributed by atoms with E-state index >= 15 is 0 Å². The highest BCUT2D eigenvalue weighted by molar-refractivity contribution is 5.94. The second-order valence-electron chi connectivity index (χ2n) is 4.35. The molecule has 24 heavy (non-hydrogen) atoms. The molecule has 1 unspecified atom stereocenters. The van der Waals surface area contributed by atoms with E-state index in [1.54, 1.807) is 0 Å². The molecule has 0 radical (unpaired) electrons. The van der Waals surface area contributed by atoms with Crippen LogP contribution in [0.25, 0.3) is 0 Å². The van der Waals surface area contributed by atoms with E-state index in [9.17, 15) is 24.0 Å². The molecule has 0 saturated carbocycles. The summed E-state index contributed by atoms with van der Waals surface area (Å²) in [5.74, 6) is 0. The lowest BCUT2D eigenvalue weighted by atomic mass is 10.1. The van der Waals surface area contributed by atoms with Crippen LogP contribution < -0.4 is 10.6 Å². The van der Waals surface area contributed by atoms with Gasteiger partial charge in [0.15, 0.2) is 0 Å². The van der Waals surface area contributed by atoms with Gasteiger partial charge in [-0.3, -0.25) is 0 Å². The van der Waals surface area contributed by atoms with E-state index in [4.69, 9.17) is 0 Å². The van der Waals surface area contributed by atoms with Crippen LogP contribution in [0.2, 0.25) is 0 Å². The number of imide groups is 1. The van der Waals surface area contributed by atoms with Crippen LogP contribution >= 0.6 is 0 Å². The number of carbonyl (C=O) groups is 2. The fourth-order valence-corrected chi connectivity index (χ4v) is 1.70. The minimum Gasteiger partial charge on any atom is -0.317 e. The summed E-state index contributed by atoms with van der Waals surface area (Å²) in [5.41, 5.74) is 0. The minimum absolute atomic E-state index is 0.248. The summed E-state index contributed by atoms with van der Waals surface area (Å²) in [6.07, 6.45) is 5.25. The van der Waals surface area contributed by atoms with Crippen molar-refractivity contribution in [2.45, 2.75) is 38.8 Å². The van der Waals surface area contributed by atoms with Crippen molar-refractivity contribution in [1.82, 2.24) is 15.5 Å². The van der Waals surface area contributed by atoms with Gasteiger partial charge in [0.1, 0.15) is 19.5 Å². The molecule has 130 valence electrons. The van der Waals surface area contributed by atoms with Gasteiger partial charge in [-0.05, 0) is 12.8 Å². The summed E-state index contributed by atoms with van der Waals surface area (Å²) in [5, 5.41) is 4.37. The van der Waals surface area contributed by atoms with Gasteiger partial charge in [-0.1, -0.05) is 19.8 Å². The monoisotopic (exact) mass is 338 g/mol. The summed E-state index contributed by atoms with van der Waals surface area (Å²) in [6, 6.07) is -1.86. The van der Waals surface area contributed by atoms with E-state index in [2.05, 4.69) is 25.6 Å². The largest absolute Gasteiger partial charge is 0.328 e. The molecule has 11 nitrogen and oxygen atoms in total. The Labute approximate surface area is 137 Å². The van der Waals surface area contributed by atoms with E-state index in [0.29, 0.717) is 11.3 Å². The third-order valence-electron chi connectivity index (χ3n) is 2.75. The third kappa shape index (κ3) is 8.35. The summed E-state index contributed by atoms with van der Waals surface area (Å²) in [4.78, 5) is 65.2. The molecule has 0 aliphatic heterocycles. The van der Waals surface area contributed by atoms with Crippen LogP contribution in [0.3, 0.4) is 0 Å². The molecule has 4 amide bonds. The van der Waals surface area contributed by atoms with E-state index in [0.717, 1.165) is 12.8 Å². The van der Waals surface area contributed by atoms with E-state index < -0.39 is 31.6 Å². The maximum Gasteiger partial charge on any atom is 0.328 e. The number of aliphatic imine (C=N–C) groups is 3. The molecule has 0 aromatic heterocycles. The molecular weight excluding hydrogens is 320 g/mol. The first kappa shape index (κ1) is 20.9. The van der Waals surface area contributed by atoms with Gasteiger partial charge in [-0.15, -0.1) is 0 Å². The molecular formula is C13H18N6O5. The Hall–Kier alpha value is -3.12. The highest BCUT2D eigenvalue weighted by atomic mass is 16.2. The van der Waals surface area contributed by atoms with Gasteiger partial charge in [0.05, 0.1) is 0 Å². The summed E-state index contributed by atoms with van der Waals surface area (Å²) >= 11 is 0. The lowest BCUT2D eigenvalue weighted by molar-refractivity contribution is 0.167. The number of isocyanates is 3. The number of urea groups is 2. The molecule has 0 aliphatic rings. The number of amides is 4. The van der Waals surface area contributed by atoms with Gasteiger partial charge in [-0.25, -0.2) is 28.9 Å². The predicted molar refractivity (Wildman–Crippen MR) is 80.9 cm³/mol. The van der Waals surface area contributed by atoms with Crippen molar-refractivity contribution in [3.8, 4) is 0 Å². The summed E-state index contributed by atoms with van der Waals surface area (Å²) in [7, 11) is 0. The molecule has 0 spiro atoms. The Balaban J connectivity index is 5.23. The van der Waals surface area contributed by atoms with Crippen LogP contribution in [0, 0.1) is 0 Å². The normalized spacial score (nSPS) is 10.2. The Bertz CT molecular complexity index is 527. The topological polar surface area (TPSA) is 150 Å². The number of unbranched alkanes of at least 4 members (excludes halogenated alkanes) is 2. The summed E-state index contributed by atoms with van der Waals surface area (Å²) < 4.78 is 0. The highest BCUT2D eigenvalue weighted by Gasteiger charge is 2.29. The fraction of sp³-hybridized carbons (Fsp3) is 0.615. The Morgan fingerprint density at radius 2 is 1.50 bits per heavy atom. The minimum atomic E-state index is -1.09. The first-order valence-electron chi connectivity index (χ1n) is 7.11. The fourth-order valence-electron chi connectivity index (χ4n) is 1.70. The quantitative estimate of drug-likeness (QED) is 0.338. The molecule has 0 rings (SSSR count). The number of hydrogen-bond acceptors (Lipinski definition) is 8. The van der Waals surface area contributed by atoms with Gasteiger partial charge in [0, 0.05) is 0 Å². The Morgan fingerprint density at radius 3 is 1.92 bits per heavy atom. The highest BCUT2D eigenvalue weighted by Crippen LogP contribution is 2.12. The molecule has 0 saturated heterocycles. The number of nitrogens with zero attached hydrogens (tertiary/aromatic N) is 4. The third-order valence-corrected chi connectivity index (χ3v) is 2.75. The van der Waals surface area contributed by atoms with Crippen molar-refractivity contribution in [3.05, 3.63) is 0 Å². The second kappa shape index (κ2) is 13.5. The zero-order valence-electron chi connectivity index (χ0n) is 13.2. The second-order valence-corrected chi connectivity index (χ2v) is 4.35. The molecule has 2 N–H and O–H groups in total. The lowest BCUT2D eigenvalue weighted by Gasteiger charge is -2.26. The van der Waals surface area contributed by atoms with Crippen LogP contribution in [-0.2, 0) is 14.4 Å². The first-order valence-corrected chi connectivity index (χ1v) is 7.11. The maximum atomic E-state index is 12.1. The van der Waals surface area contributed by atoms with Gasteiger partial charge in [-0.2, -0.15) is 15.0 Å². The number of carbonyl (C=O) groups excluding carboxylic acids is 5. The average Bonchev–Trinajstić information content (AvgIpc) is 2.56. The van der Waals surface area contributed by atoms with Crippen molar-refractivity contribution in [1.29, 1.82) is 0 Å². The molecule has 11 heteroatoms. The molecule has 0 aromatic rings. The predicted octanol–water partition coefficient (Wildman–Crippen LogP) is 0.536. The smallest absolute Gasteiger partial charge is 0.317 e. The Morgan fingerprint density at radius 1 is 0.958 bits per heavy atom. The van der Waals surface area contributed by atoms with Crippen molar-refractivity contribution in [2.24, 2.45) is 15.0 Å². The van der Waals surface area contributed by atoms with E-state index in [1.807, 2.05) is 6.92 Å². The lowest BCUT2D eigenvalue weighted by Crippen LogP contribution is -2.53. The van der Waals surface area contributed by atoms with Crippen LogP contribution in [0.5, 0.6) is 0 Å². The molecule has 1 atom stereocenters. The Kier molecular flexibility index (Phi) is 11.8. The average molecular weight is 338 g/mol.